The predicted molar refractivity (Wildman–Crippen MR) is 101 cm³/mol. The Morgan fingerprint density at radius 2 is 2.11 bits per heavy atom. The van der Waals surface area contributed by atoms with E-state index in [1.165, 1.54) is 9.25 Å². The molecular formula is C19H24ClN3O4. The van der Waals surface area contributed by atoms with Crippen molar-refractivity contribution in [1.29, 1.82) is 0 Å². The number of ether oxygens (including phenoxy) is 2. The van der Waals surface area contributed by atoms with Gasteiger partial charge in [-0.25, -0.2) is 14.3 Å². The molecule has 3 rings (SSSR count). The summed E-state index contributed by atoms with van der Waals surface area (Å²) >= 11 is 6.16. The molecule has 0 amide bonds. The van der Waals surface area contributed by atoms with E-state index in [1.807, 2.05) is 26.8 Å². The number of nitrogens with zero attached hydrogens (tertiary/aromatic N) is 3. The van der Waals surface area contributed by atoms with Gasteiger partial charge < -0.3 is 9.47 Å². The van der Waals surface area contributed by atoms with Gasteiger partial charge in [-0.2, -0.15) is 5.10 Å². The maximum atomic E-state index is 12.9. The Bertz CT molecular complexity index is 911. The van der Waals surface area contributed by atoms with Gasteiger partial charge in [-0.15, -0.1) is 0 Å². The summed E-state index contributed by atoms with van der Waals surface area (Å²) in [5, 5.41) is 4.90. The molecule has 1 aromatic carbocycles. The summed E-state index contributed by atoms with van der Waals surface area (Å²) in [5.74, 6) is 0.793. The predicted octanol–water partition coefficient (Wildman–Crippen LogP) is 2.97. The van der Waals surface area contributed by atoms with Gasteiger partial charge in [-0.05, 0) is 51.3 Å². The molecule has 8 heteroatoms. The molecule has 2 heterocycles. The molecule has 146 valence electrons. The maximum absolute atomic E-state index is 12.9. The van der Waals surface area contributed by atoms with Gasteiger partial charge >= 0.3 is 11.7 Å². The molecular weight excluding hydrogens is 370 g/mol. The lowest BCUT2D eigenvalue weighted by Crippen LogP contribution is -2.38. The molecule has 27 heavy (non-hydrogen) atoms. The number of methoxy groups -OCH3 is 1. The summed E-state index contributed by atoms with van der Waals surface area (Å²) in [6, 6.07) is 4.70. The van der Waals surface area contributed by atoms with Crippen LogP contribution in [0.2, 0.25) is 5.02 Å². The first-order chi connectivity index (χ1) is 12.7. The molecule has 1 aromatic heterocycles. The molecule has 0 unspecified atom stereocenters. The normalized spacial score (nSPS) is 16.7. The first-order valence-electron chi connectivity index (χ1n) is 8.93. The molecule has 7 nitrogen and oxygen atoms in total. The zero-order valence-electron chi connectivity index (χ0n) is 16.0. The van der Waals surface area contributed by atoms with Crippen molar-refractivity contribution in [3.63, 3.8) is 0 Å². The lowest BCUT2D eigenvalue weighted by atomic mass is 10.0. The molecule has 0 N–H and O–H groups in total. The molecule has 0 radical (unpaired) electrons. The minimum atomic E-state index is -0.631. The second kappa shape index (κ2) is 7.38. The summed E-state index contributed by atoms with van der Waals surface area (Å²) in [6.07, 6.45) is 2.02. The van der Waals surface area contributed by atoms with Gasteiger partial charge in [0.15, 0.2) is 0 Å². The molecule has 1 aliphatic heterocycles. The SMILES string of the molecule is COc1ccc(Cn2nc3n(c2=O)[C@@H](C(=O)OC(C)(C)C)CCC3)cc1Cl. The molecule has 1 atom stereocenters. The van der Waals surface area contributed by atoms with Gasteiger partial charge in [0, 0.05) is 6.42 Å². The van der Waals surface area contributed by atoms with E-state index in [1.54, 1.807) is 19.2 Å². The van der Waals surface area contributed by atoms with Crippen LogP contribution in [0.25, 0.3) is 0 Å². The largest absolute Gasteiger partial charge is 0.495 e. The summed E-state index contributed by atoms with van der Waals surface area (Å²) in [5.41, 5.74) is -0.0895. The van der Waals surface area contributed by atoms with Crippen molar-refractivity contribution in [3.05, 3.63) is 45.1 Å². The van der Waals surface area contributed by atoms with Crippen LogP contribution in [0.5, 0.6) is 5.75 Å². The topological polar surface area (TPSA) is 75.4 Å². The Morgan fingerprint density at radius 1 is 1.37 bits per heavy atom. The van der Waals surface area contributed by atoms with Crippen LogP contribution in [0, 0.1) is 0 Å². The van der Waals surface area contributed by atoms with Gasteiger partial charge in [-0.3, -0.25) is 4.57 Å². The van der Waals surface area contributed by atoms with Crippen molar-refractivity contribution in [2.75, 3.05) is 7.11 Å². The number of fused-ring (bicyclic) bond motifs is 1. The van der Waals surface area contributed by atoms with Crippen molar-refractivity contribution in [2.45, 2.75) is 58.2 Å². The number of hydrogen-bond donors (Lipinski definition) is 0. The first-order valence-corrected chi connectivity index (χ1v) is 9.31. The van der Waals surface area contributed by atoms with Gasteiger partial charge in [0.1, 0.15) is 23.2 Å². The number of aromatic nitrogens is 3. The van der Waals surface area contributed by atoms with Crippen molar-refractivity contribution < 1.29 is 14.3 Å². The molecule has 0 saturated carbocycles. The number of halogens is 1. The minimum absolute atomic E-state index is 0.267. The Balaban J connectivity index is 1.89. The Labute approximate surface area is 162 Å². The van der Waals surface area contributed by atoms with E-state index in [9.17, 15) is 9.59 Å². The first kappa shape index (κ1) is 19.5. The average Bonchev–Trinajstić information content (AvgIpc) is 2.89. The van der Waals surface area contributed by atoms with Crippen LogP contribution >= 0.6 is 11.6 Å². The highest BCUT2D eigenvalue weighted by molar-refractivity contribution is 6.32. The molecule has 0 aliphatic carbocycles. The quantitative estimate of drug-likeness (QED) is 0.746. The van der Waals surface area contributed by atoms with Crippen molar-refractivity contribution in [3.8, 4) is 5.75 Å². The highest BCUT2D eigenvalue weighted by Gasteiger charge is 2.33. The third-order valence-electron chi connectivity index (χ3n) is 4.36. The Kier molecular flexibility index (Phi) is 5.33. The van der Waals surface area contributed by atoms with Crippen molar-refractivity contribution in [1.82, 2.24) is 14.3 Å². The summed E-state index contributed by atoms with van der Waals surface area (Å²) in [7, 11) is 1.55. The van der Waals surface area contributed by atoms with Crippen molar-refractivity contribution in [2.24, 2.45) is 0 Å². The van der Waals surface area contributed by atoms with Crippen LogP contribution in [0.3, 0.4) is 0 Å². The van der Waals surface area contributed by atoms with Crippen LogP contribution < -0.4 is 10.4 Å². The Morgan fingerprint density at radius 3 is 2.74 bits per heavy atom. The lowest BCUT2D eigenvalue weighted by molar-refractivity contribution is -0.159. The minimum Gasteiger partial charge on any atom is -0.495 e. The van der Waals surface area contributed by atoms with Gasteiger partial charge in [0.05, 0.1) is 18.7 Å². The summed E-state index contributed by atoms with van der Waals surface area (Å²) < 4.78 is 13.5. The number of aryl methyl sites for hydroxylation is 1. The second-order valence-corrected chi connectivity index (χ2v) is 8.04. The highest BCUT2D eigenvalue weighted by atomic mass is 35.5. The molecule has 0 bridgehead atoms. The van der Waals surface area contributed by atoms with E-state index < -0.39 is 17.6 Å². The average molecular weight is 394 g/mol. The van der Waals surface area contributed by atoms with E-state index in [0.717, 1.165) is 12.0 Å². The number of esters is 1. The van der Waals surface area contributed by atoms with Gasteiger partial charge in [0.25, 0.3) is 0 Å². The second-order valence-electron chi connectivity index (χ2n) is 7.64. The van der Waals surface area contributed by atoms with E-state index in [2.05, 4.69) is 5.10 Å². The smallest absolute Gasteiger partial charge is 0.347 e. The van der Waals surface area contributed by atoms with Crippen LogP contribution in [-0.2, 0) is 22.5 Å². The van der Waals surface area contributed by atoms with Crippen molar-refractivity contribution >= 4 is 17.6 Å². The van der Waals surface area contributed by atoms with Crippen LogP contribution in [0.4, 0.5) is 0 Å². The van der Waals surface area contributed by atoms with E-state index in [-0.39, 0.29) is 12.2 Å². The summed E-state index contributed by atoms with van der Waals surface area (Å²) in [4.78, 5) is 25.5. The fourth-order valence-electron chi connectivity index (χ4n) is 3.21. The monoisotopic (exact) mass is 393 g/mol. The fourth-order valence-corrected chi connectivity index (χ4v) is 3.49. The van der Waals surface area contributed by atoms with E-state index in [0.29, 0.717) is 29.4 Å². The third-order valence-corrected chi connectivity index (χ3v) is 4.65. The third kappa shape index (κ3) is 4.18. The molecule has 0 spiro atoms. The summed E-state index contributed by atoms with van der Waals surface area (Å²) in [6.45, 7) is 5.71. The number of hydrogen-bond acceptors (Lipinski definition) is 5. The number of benzene rings is 1. The number of rotatable bonds is 4. The molecule has 0 saturated heterocycles. The van der Waals surface area contributed by atoms with E-state index in [4.69, 9.17) is 21.1 Å². The van der Waals surface area contributed by atoms with Crippen LogP contribution in [0.1, 0.15) is 51.0 Å². The maximum Gasteiger partial charge on any atom is 0.347 e. The molecule has 1 aliphatic rings. The van der Waals surface area contributed by atoms with Gasteiger partial charge in [0.2, 0.25) is 0 Å². The molecule has 0 fully saturated rings. The lowest BCUT2D eigenvalue weighted by Gasteiger charge is -2.26. The molecule has 2 aromatic rings. The van der Waals surface area contributed by atoms with Crippen LogP contribution in [-0.4, -0.2) is 33.0 Å². The standard InChI is InChI=1S/C19H24ClN3O4/c1-19(2,3)27-17(24)14-6-5-7-16-21-22(18(25)23(14)16)11-12-8-9-15(26-4)13(20)10-12/h8-10,14H,5-7,11H2,1-4H3/t14-/m1/s1. The zero-order chi connectivity index (χ0) is 19.8. The number of carbonyl (C=O) groups excluding carboxylic acids is 1. The zero-order valence-corrected chi connectivity index (χ0v) is 16.7. The number of carbonyl (C=O) groups is 1. The Hall–Kier alpha value is -2.28. The van der Waals surface area contributed by atoms with Crippen LogP contribution in [0.15, 0.2) is 23.0 Å². The van der Waals surface area contributed by atoms with E-state index >= 15 is 0 Å². The fraction of sp³-hybridized carbons (Fsp3) is 0.526. The van der Waals surface area contributed by atoms with Gasteiger partial charge in [-0.1, -0.05) is 17.7 Å². The highest BCUT2D eigenvalue weighted by Crippen LogP contribution is 2.27.